The maximum Gasteiger partial charge on any atom is 0.227 e. The molecule has 0 unspecified atom stereocenters. The third-order valence-corrected chi connectivity index (χ3v) is 4.41. The Balaban J connectivity index is 1.91. The number of ether oxygens (including phenoxy) is 1. The van der Waals surface area contributed by atoms with E-state index < -0.39 is 0 Å². The average Bonchev–Trinajstić information content (AvgIpc) is 2.54. The summed E-state index contributed by atoms with van der Waals surface area (Å²) in [6.45, 7) is 7.40. The molecule has 24 heavy (non-hydrogen) atoms. The molecular weight excluding hydrogens is 304 g/mol. The van der Waals surface area contributed by atoms with Crippen molar-refractivity contribution < 1.29 is 14.3 Å². The smallest absolute Gasteiger partial charge is 0.227 e. The number of aryl methyl sites for hydroxylation is 1. The second-order valence-electron chi connectivity index (χ2n) is 6.95. The molecule has 2 rings (SSSR count). The van der Waals surface area contributed by atoms with Crippen molar-refractivity contribution in [3.63, 3.8) is 0 Å². The zero-order valence-corrected chi connectivity index (χ0v) is 15.1. The van der Waals surface area contributed by atoms with Gasteiger partial charge in [-0.25, -0.2) is 0 Å². The standard InChI is InChI=1S/C19H28N2O3/c1-13(2)11-18(22)21-9-7-15(8-10-21)19(23)20-16-12-14(3)5-6-17(16)24-4/h5-6,12-13,15H,7-11H2,1-4H3,(H,20,23). The molecule has 5 heteroatoms. The molecule has 5 nitrogen and oxygen atoms in total. The minimum absolute atomic E-state index is 0.00913. The lowest BCUT2D eigenvalue weighted by molar-refractivity contribution is -0.135. The highest BCUT2D eigenvalue weighted by molar-refractivity contribution is 5.94. The highest BCUT2D eigenvalue weighted by Crippen LogP contribution is 2.27. The fourth-order valence-corrected chi connectivity index (χ4v) is 3.02. The predicted molar refractivity (Wildman–Crippen MR) is 95.1 cm³/mol. The van der Waals surface area contributed by atoms with Gasteiger partial charge in [0.25, 0.3) is 0 Å². The Labute approximate surface area is 144 Å². The van der Waals surface area contributed by atoms with E-state index in [1.165, 1.54) is 0 Å². The number of nitrogens with zero attached hydrogens (tertiary/aromatic N) is 1. The lowest BCUT2D eigenvalue weighted by Gasteiger charge is -2.32. The molecule has 1 aromatic rings. The van der Waals surface area contributed by atoms with E-state index in [0.29, 0.717) is 49.7 Å². The Bertz CT molecular complexity index is 590. The van der Waals surface area contributed by atoms with E-state index >= 15 is 0 Å². The maximum absolute atomic E-state index is 12.5. The first-order valence-corrected chi connectivity index (χ1v) is 8.64. The van der Waals surface area contributed by atoms with Crippen LogP contribution in [-0.2, 0) is 9.59 Å². The number of carbonyl (C=O) groups is 2. The van der Waals surface area contributed by atoms with Gasteiger partial charge in [-0.05, 0) is 43.4 Å². The van der Waals surface area contributed by atoms with Crippen LogP contribution in [0.4, 0.5) is 5.69 Å². The number of methoxy groups -OCH3 is 1. The Morgan fingerprint density at radius 2 is 1.96 bits per heavy atom. The van der Waals surface area contributed by atoms with Crippen molar-refractivity contribution in [3.8, 4) is 5.75 Å². The van der Waals surface area contributed by atoms with Crippen molar-refractivity contribution in [2.75, 3.05) is 25.5 Å². The monoisotopic (exact) mass is 332 g/mol. The molecule has 1 saturated heterocycles. The van der Waals surface area contributed by atoms with Crippen LogP contribution in [0.25, 0.3) is 0 Å². The molecule has 0 spiro atoms. The number of hydrogen-bond donors (Lipinski definition) is 1. The number of piperidine rings is 1. The van der Waals surface area contributed by atoms with Crippen LogP contribution in [0.3, 0.4) is 0 Å². The second kappa shape index (κ2) is 8.18. The van der Waals surface area contributed by atoms with Gasteiger partial charge in [0.1, 0.15) is 5.75 Å². The summed E-state index contributed by atoms with van der Waals surface area (Å²) in [7, 11) is 1.60. The summed E-state index contributed by atoms with van der Waals surface area (Å²) in [6, 6.07) is 5.73. The van der Waals surface area contributed by atoms with Gasteiger partial charge < -0.3 is 15.0 Å². The Morgan fingerprint density at radius 1 is 1.29 bits per heavy atom. The van der Waals surface area contributed by atoms with Crippen LogP contribution < -0.4 is 10.1 Å². The minimum Gasteiger partial charge on any atom is -0.495 e. The van der Waals surface area contributed by atoms with Crippen molar-refractivity contribution in [2.45, 2.75) is 40.0 Å². The van der Waals surface area contributed by atoms with Gasteiger partial charge in [-0.2, -0.15) is 0 Å². The molecule has 2 amide bonds. The summed E-state index contributed by atoms with van der Waals surface area (Å²) in [5, 5.41) is 2.98. The van der Waals surface area contributed by atoms with Crippen LogP contribution in [-0.4, -0.2) is 36.9 Å². The Kier molecular flexibility index (Phi) is 6.23. The van der Waals surface area contributed by atoms with Crippen LogP contribution >= 0.6 is 0 Å². The van der Waals surface area contributed by atoms with Gasteiger partial charge in [0, 0.05) is 25.4 Å². The summed E-state index contributed by atoms with van der Waals surface area (Å²) < 4.78 is 5.31. The van der Waals surface area contributed by atoms with E-state index in [2.05, 4.69) is 5.32 Å². The molecule has 1 aliphatic rings. The van der Waals surface area contributed by atoms with Gasteiger partial charge in [0.2, 0.25) is 11.8 Å². The number of amides is 2. The topological polar surface area (TPSA) is 58.6 Å². The van der Waals surface area contributed by atoms with E-state index in [0.717, 1.165) is 5.56 Å². The predicted octanol–water partition coefficient (Wildman–Crippen LogP) is 3.23. The first-order valence-electron chi connectivity index (χ1n) is 8.64. The lowest BCUT2D eigenvalue weighted by atomic mass is 9.95. The molecule has 1 N–H and O–H groups in total. The van der Waals surface area contributed by atoms with Crippen molar-refractivity contribution in [1.29, 1.82) is 0 Å². The summed E-state index contributed by atoms with van der Waals surface area (Å²) >= 11 is 0. The summed E-state index contributed by atoms with van der Waals surface area (Å²) in [4.78, 5) is 26.5. The average molecular weight is 332 g/mol. The van der Waals surface area contributed by atoms with Crippen LogP contribution in [0, 0.1) is 18.8 Å². The van der Waals surface area contributed by atoms with Crippen molar-refractivity contribution in [1.82, 2.24) is 4.90 Å². The molecule has 0 radical (unpaired) electrons. The zero-order chi connectivity index (χ0) is 17.7. The summed E-state index contributed by atoms with van der Waals surface area (Å²) in [6.07, 6.45) is 2.00. The summed E-state index contributed by atoms with van der Waals surface area (Å²) in [5.74, 6) is 1.18. The largest absolute Gasteiger partial charge is 0.495 e. The molecular formula is C19H28N2O3. The van der Waals surface area contributed by atoms with Gasteiger partial charge in [0.15, 0.2) is 0 Å². The minimum atomic E-state index is -0.0571. The third kappa shape index (κ3) is 4.73. The van der Waals surface area contributed by atoms with Gasteiger partial charge in [-0.15, -0.1) is 0 Å². The number of rotatable bonds is 5. The highest BCUT2D eigenvalue weighted by atomic mass is 16.5. The number of hydrogen-bond acceptors (Lipinski definition) is 3. The SMILES string of the molecule is COc1ccc(C)cc1NC(=O)C1CCN(C(=O)CC(C)C)CC1. The quantitative estimate of drug-likeness (QED) is 0.900. The van der Waals surface area contributed by atoms with Crippen LogP contribution in [0.15, 0.2) is 18.2 Å². The fraction of sp³-hybridized carbons (Fsp3) is 0.579. The van der Waals surface area contributed by atoms with Gasteiger partial charge in [-0.3, -0.25) is 9.59 Å². The maximum atomic E-state index is 12.5. The second-order valence-corrected chi connectivity index (χ2v) is 6.95. The molecule has 1 heterocycles. The molecule has 1 fully saturated rings. The molecule has 0 aliphatic carbocycles. The first-order chi connectivity index (χ1) is 11.4. The van der Waals surface area contributed by atoms with Crippen molar-refractivity contribution >= 4 is 17.5 Å². The fourth-order valence-electron chi connectivity index (χ4n) is 3.02. The van der Waals surface area contributed by atoms with E-state index in [4.69, 9.17) is 4.74 Å². The molecule has 0 bridgehead atoms. The van der Waals surface area contributed by atoms with E-state index in [-0.39, 0.29) is 17.7 Å². The number of nitrogens with one attached hydrogen (secondary N) is 1. The first kappa shape index (κ1) is 18.3. The van der Waals surface area contributed by atoms with Gasteiger partial charge >= 0.3 is 0 Å². The number of likely N-dealkylation sites (tertiary alicyclic amines) is 1. The number of anilines is 1. The van der Waals surface area contributed by atoms with Crippen molar-refractivity contribution in [3.05, 3.63) is 23.8 Å². The van der Waals surface area contributed by atoms with Gasteiger partial charge in [-0.1, -0.05) is 19.9 Å². The molecule has 1 aliphatic heterocycles. The Morgan fingerprint density at radius 3 is 2.54 bits per heavy atom. The summed E-state index contributed by atoms with van der Waals surface area (Å²) in [5.41, 5.74) is 1.78. The lowest BCUT2D eigenvalue weighted by Crippen LogP contribution is -2.41. The highest BCUT2D eigenvalue weighted by Gasteiger charge is 2.27. The van der Waals surface area contributed by atoms with Crippen LogP contribution in [0.2, 0.25) is 0 Å². The van der Waals surface area contributed by atoms with Crippen LogP contribution in [0.1, 0.15) is 38.7 Å². The molecule has 0 aromatic heterocycles. The van der Waals surface area contributed by atoms with Crippen LogP contribution in [0.5, 0.6) is 5.75 Å². The van der Waals surface area contributed by atoms with E-state index in [9.17, 15) is 9.59 Å². The van der Waals surface area contributed by atoms with Gasteiger partial charge in [0.05, 0.1) is 12.8 Å². The molecule has 132 valence electrons. The normalized spacial score (nSPS) is 15.5. The number of carbonyl (C=O) groups excluding carboxylic acids is 2. The zero-order valence-electron chi connectivity index (χ0n) is 15.1. The molecule has 1 aromatic carbocycles. The molecule has 0 saturated carbocycles. The van der Waals surface area contributed by atoms with E-state index in [1.807, 2.05) is 43.9 Å². The van der Waals surface area contributed by atoms with Crippen molar-refractivity contribution in [2.24, 2.45) is 11.8 Å². The Hall–Kier alpha value is -2.04. The van der Waals surface area contributed by atoms with E-state index in [1.54, 1.807) is 7.11 Å². The molecule has 0 atom stereocenters. The number of benzene rings is 1. The third-order valence-electron chi connectivity index (χ3n) is 4.41.